The van der Waals surface area contributed by atoms with Crippen LogP contribution < -0.4 is 4.31 Å². The van der Waals surface area contributed by atoms with Crippen LogP contribution in [0, 0.1) is 6.92 Å². The molecule has 0 bridgehead atoms. The van der Waals surface area contributed by atoms with Crippen molar-refractivity contribution in [1.29, 1.82) is 0 Å². The van der Waals surface area contributed by atoms with Crippen molar-refractivity contribution >= 4 is 72.2 Å². The highest BCUT2D eigenvalue weighted by atomic mass is 35.5. The summed E-state index contributed by atoms with van der Waals surface area (Å²) in [6.07, 6.45) is 1.52. The number of halogens is 2. The second kappa shape index (κ2) is 13.7. The third-order valence-corrected chi connectivity index (χ3v) is 10.9. The average Bonchev–Trinajstić information content (AvgIpc) is 3.65. The number of hydrogen-bond donors (Lipinski definition) is 0. The smallest absolute Gasteiger partial charge is 0.348 e. The van der Waals surface area contributed by atoms with Crippen LogP contribution >= 0.6 is 34.5 Å². The molecule has 5 aromatic rings. The second-order valence-corrected chi connectivity index (χ2v) is 13.9. The molecular formula is C33H30Cl2N2O6S2. The first-order valence-corrected chi connectivity index (χ1v) is 17.1. The summed E-state index contributed by atoms with van der Waals surface area (Å²) in [6, 6.07) is 19.9. The number of carbonyl (C=O) groups excluding carboxylic acids is 2. The Labute approximate surface area is 275 Å². The van der Waals surface area contributed by atoms with Gasteiger partial charge >= 0.3 is 5.97 Å². The molecule has 0 atom stereocenters. The molecule has 0 fully saturated rings. The maximum absolute atomic E-state index is 14.2. The molecule has 0 unspecified atom stereocenters. The van der Waals surface area contributed by atoms with Crippen LogP contribution in [0.25, 0.3) is 10.1 Å². The Balaban J connectivity index is 1.55. The molecule has 2 heterocycles. The number of anilines is 1. The molecule has 0 N–H and O–H groups in total. The number of esters is 1. The molecule has 0 radical (unpaired) electrons. The van der Waals surface area contributed by atoms with Crippen molar-refractivity contribution in [1.82, 2.24) is 4.90 Å². The van der Waals surface area contributed by atoms with E-state index in [1.165, 1.54) is 32.9 Å². The number of amides is 1. The number of furan rings is 1. The van der Waals surface area contributed by atoms with E-state index >= 15 is 0 Å². The molecule has 0 aliphatic rings. The number of ether oxygens (including phenoxy) is 1. The van der Waals surface area contributed by atoms with Gasteiger partial charge in [0.25, 0.3) is 15.9 Å². The third-order valence-electron chi connectivity index (χ3n) is 7.23. The van der Waals surface area contributed by atoms with E-state index in [1.54, 1.807) is 87.5 Å². The van der Waals surface area contributed by atoms with Crippen molar-refractivity contribution in [2.24, 2.45) is 0 Å². The molecule has 5 rings (SSSR count). The Morgan fingerprint density at radius 1 is 0.956 bits per heavy atom. The monoisotopic (exact) mass is 684 g/mol. The van der Waals surface area contributed by atoms with Gasteiger partial charge in [0.1, 0.15) is 10.6 Å². The summed E-state index contributed by atoms with van der Waals surface area (Å²) < 4.78 is 41.3. The number of hydrogen-bond acceptors (Lipinski definition) is 7. The van der Waals surface area contributed by atoms with Crippen molar-refractivity contribution < 1.29 is 27.2 Å². The van der Waals surface area contributed by atoms with Crippen molar-refractivity contribution in [3.8, 4) is 0 Å². The summed E-state index contributed by atoms with van der Waals surface area (Å²) in [5, 5.41) is 1.33. The highest BCUT2D eigenvalue weighted by Crippen LogP contribution is 2.36. The number of fused-ring (bicyclic) bond motifs is 1. The predicted molar refractivity (Wildman–Crippen MR) is 178 cm³/mol. The normalized spacial score (nSPS) is 11.5. The van der Waals surface area contributed by atoms with Crippen LogP contribution in [0.15, 0.2) is 88.4 Å². The van der Waals surface area contributed by atoms with E-state index in [-0.39, 0.29) is 37.0 Å². The Morgan fingerprint density at radius 3 is 2.42 bits per heavy atom. The minimum Gasteiger partial charge on any atom is -0.467 e. The molecule has 0 spiro atoms. The Hall–Kier alpha value is -3.83. The summed E-state index contributed by atoms with van der Waals surface area (Å²) in [4.78, 5) is 28.3. The highest BCUT2D eigenvalue weighted by molar-refractivity contribution is 7.92. The van der Waals surface area contributed by atoms with Crippen LogP contribution in [-0.4, -0.2) is 38.3 Å². The van der Waals surface area contributed by atoms with Gasteiger partial charge in [-0.2, -0.15) is 0 Å². The molecule has 2 aromatic heterocycles. The fourth-order valence-corrected chi connectivity index (χ4v) is 8.11. The third kappa shape index (κ3) is 6.74. The molecule has 0 aliphatic heterocycles. The average molecular weight is 686 g/mol. The van der Waals surface area contributed by atoms with Crippen molar-refractivity contribution in [3.63, 3.8) is 0 Å². The lowest BCUT2D eigenvalue weighted by Crippen LogP contribution is -2.34. The molecule has 45 heavy (non-hydrogen) atoms. The quantitative estimate of drug-likeness (QED) is 0.130. The van der Waals surface area contributed by atoms with Gasteiger partial charge < -0.3 is 14.1 Å². The van der Waals surface area contributed by atoms with Gasteiger partial charge in [0.05, 0.1) is 40.6 Å². The van der Waals surface area contributed by atoms with Gasteiger partial charge in [-0.1, -0.05) is 35.3 Å². The first-order chi connectivity index (χ1) is 21.5. The number of rotatable bonds is 11. The molecule has 0 saturated heterocycles. The number of nitrogens with zero attached hydrogens (tertiary/aromatic N) is 2. The number of sulfonamides is 1. The summed E-state index contributed by atoms with van der Waals surface area (Å²) in [5.41, 5.74) is 1.84. The maximum atomic E-state index is 14.2. The van der Waals surface area contributed by atoms with Gasteiger partial charge in [-0.15, -0.1) is 11.3 Å². The minimum atomic E-state index is -4.10. The van der Waals surface area contributed by atoms with Crippen LogP contribution in [0.1, 0.15) is 50.8 Å². The molecule has 3 aromatic carbocycles. The summed E-state index contributed by atoms with van der Waals surface area (Å²) in [6.45, 7) is 5.71. The Morgan fingerprint density at radius 2 is 1.73 bits per heavy atom. The van der Waals surface area contributed by atoms with E-state index in [4.69, 9.17) is 32.4 Å². The summed E-state index contributed by atoms with van der Waals surface area (Å²) in [7, 11) is -4.10. The Kier molecular flexibility index (Phi) is 9.88. The van der Waals surface area contributed by atoms with Crippen LogP contribution in [-0.2, 0) is 27.8 Å². The van der Waals surface area contributed by atoms with Crippen molar-refractivity contribution in [2.45, 2.75) is 38.8 Å². The van der Waals surface area contributed by atoms with E-state index in [9.17, 15) is 18.0 Å². The molecule has 0 saturated carbocycles. The van der Waals surface area contributed by atoms with Crippen LogP contribution in [0.2, 0.25) is 10.0 Å². The summed E-state index contributed by atoms with van der Waals surface area (Å²) >= 11 is 14.1. The van der Waals surface area contributed by atoms with Crippen LogP contribution in [0.4, 0.5) is 5.69 Å². The largest absolute Gasteiger partial charge is 0.467 e. The lowest BCUT2D eigenvalue weighted by molar-refractivity contribution is 0.0531. The first kappa shape index (κ1) is 32.6. The van der Waals surface area contributed by atoms with E-state index in [2.05, 4.69) is 0 Å². The van der Waals surface area contributed by atoms with E-state index in [0.717, 1.165) is 4.70 Å². The van der Waals surface area contributed by atoms with E-state index in [0.29, 0.717) is 48.4 Å². The SMILES string of the molecule is CCOC(=O)c1sc2ccc(S(=O)(=O)N(CC)c3ccc(Cl)cc3CN(Cc3ccco3)C(=O)c3ccccc3Cl)cc2c1C. The van der Waals surface area contributed by atoms with Gasteiger partial charge in [-0.3, -0.25) is 9.10 Å². The topological polar surface area (TPSA) is 97.1 Å². The minimum absolute atomic E-state index is 0.0121. The number of aryl methyl sites for hydroxylation is 1. The Bertz CT molecular complexity index is 1970. The molecule has 8 nitrogen and oxygen atoms in total. The van der Waals surface area contributed by atoms with Gasteiger partial charge in [-0.25, -0.2) is 13.2 Å². The number of benzene rings is 3. The lowest BCUT2D eigenvalue weighted by atomic mass is 10.1. The predicted octanol–water partition coefficient (Wildman–Crippen LogP) is 8.34. The lowest BCUT2D eigenvalue weighted by Gasteiger charge is -2.28. The highest BCUT2D eigenvalue weighted by Gasteiger charge is 2.29. The van der Waals surface area contributed by atoms with Gasteiger partial charge in [-0.05, 0) is 97.9 Å². The first-order valence-electron chi connectivity index (χ1n) is 14.1. The fourth-order valence-electron chi connectivity index (χ4n) is 5.07. The number of thiophene rings is 1. The van der Waals surface area contributed by atoms with Gasteiger partial charge in [0.2, 0.25) is 0 Å². The fraction of sp³-hybridized carbons (Fsp3) is 0.212. The zero-order chi connectivity index (χ0) is 32.3. The molecular weight excluding hydrogens is 655 g/mol. The number of carbonyl (C=O) groups is 2. The van der Waals surface area contributed by atoms with Crippen molar-refractivity contribution in [3.05, 3.63) is 116 Å². The molecule has 12 heteroatoms. The zero-order valence-corrected chi connectivity index (χ0v) is 27.9. The van der Waals surface area contributed by atoms with Crippen LogP contribution in [0.5, 0.6) is 0 Å². The van der Waals surface area contributed by atoms with E-state index in [1.807, 2.05) is 0 Å². The standard InChI is InChI=1S/C33H30Cl2N2O6S2/c1-4-37(45(40,41)25-13-15-30-27(18-25)21(3)31(44-30)33(39)42-5-2)29-14-12-23(34)17-22(29)19-36(20-24-9-8-16-43-24)32(38)26-10-6-7-11-28(26)35/h6-18H,4-5,19-20H2,1-3H3. The molecule has 1 amide bonds. The van der Waals surface area contributed by atoms with Gasteiger partial charge in [0.15, 0.2) is 0 Å². The zero-order valence-electron chi connectivity index (χ0n) is 24.8. The van der Waals surface area contributed by atoms with Gasteiger partial charge in [0, 0.05) is 22.8 Å². The molecule has 0 aliphatic carbocycles. The van der Waals surface area contributed by atoms with E-state index < -0.39 is 16.0 Å². The van der Waals surface area contributed by atoms with Crippen LogP contribution in [0.3, 0.4) is 0 Å². The summed E-state index contributed by atoms with van der Waals surface area (Å²) in [5.74, 6) is -0.253. The van der Waals surface area contributed by atoms with Crippen molar-refractivity contribution in [2.75, 3.05) is 17.5 Å². The molecule has 234 valence electrons. The second-order valence-electron chi connectivity index (χ2n) is 10.1. The maximum Gasteiger partial charge on any atom is 0.348 e.